The van der Waals surface area contributed by atoms with Crippen molar-refractivity contribution in [2.75, 3.05) is 17.7 Å². The molecule has 0 aliphatic carbocycles. The van der Waals surface area contributed by atoms with E-state index in [9.17, 15) is 13.2 Å². The van der Waals surface area contributed by atoms with Gasteiger partial charge >= 0.3 is 6.36 Å². The molecule has 0 spiro atoms. The maximum atomic E-state index is 12.5. The van der Waals surface area contributed by atoms with Crippen LogP contribution in [0, 0.1) is 3.57 Å². The predicted molar refractivity (Wildman–Crippen MR) is 106 cm³/mol. The first-order valence-electron chi connectivity index (χ1n) is 7.78. The highest BCUT2D eigenvalue weighted by Crippen LogP contribution is 2.29. The molecule has 3 aromatic rings. The largest absolute Gasteiger partial charge is 0.573 e. The number of anilines is 3. The summed E-state index contributed by atoms with van der Waals surface area (Å²) >= 11 is 2.20. The van der Waals surface area contributed by atoms with Crippen molar-refractivity contribution in [3.05, 3.63) is 58.2 Å². The van der Waals surface area contributed by atoms with Gasteiger partial charge < -0.3 is 15.4 Å². The highest BCUT2D eigenvalue weighted by molar-refractivity contribution is 14.1. The van der Waals surface area contributed by atoms with E-state index < -0.39 is 6.36 Å². The Morgan fingerprint density at radius 2 is 1.78 bits per heavy atom. The molecular weight excluding hydrogens is 472 g/mol. The lowest BCUT2D eigenvalue weighted by Gasteiger charge is -2.12. The van der Waals surface area contributed by atoms with Crippen LogP contribution in [-0.4, -0.2) is 23.4 Å². The minimum absolute atomic E-state index is 0.309. The van der Waals surface area contributed by atoms with E-state index in [-0.39, 0.29) is 5.75 Å². The standard InChI is InChI=1S/C18H14F3IN4O/c1-23-17-25-15(11-5-4-6-12(9-11)27-18(19,20)21)10-16(26-17)24-14-8-3-2-7-13(14)22/h2-10H,1H3,(H2,23,24,25,26). The molecule has 0 saturated carbocycles. The summed E-state index contributed by atoms with van der Waals surface area (Å²) in [5.41, 5.74) is 1.79. The lowest BCUT2D eigenvalue weighted by Crippen LogP contribution is -2.17. The van der Waals surface area contributed by atoms with E-state index in [1.54, 1.807) is 19.2 Å². The Kier molecular flexibility index (Phi) is 5.68. The van der Waals surface area contributed by atoms with Gasteiger partial charge in [0.25, 0.3) is 0 Å². The zero-order valence-corrected chi connectivity index (χ0v) is 16.2. The molecule has 5 nitrogen and oxygen atoms in total. The number of halogens is 4. The Morgan fingerprint density at radius 3 is 2.48 bits per heavy atom. The minimum atomic E-state index is -4.75. The number of ether oxygens (including phenoxy) is 1. The van der Waals surface area contributed by atoms with Crippen LogP contribution in [0.15, 0.2) is 54.6 Å². The molecule has 2 N–H and O–H groups in total. The summed E-state index contributed by atoms with van der Waals surface area (Å²) in [6.07, 6.45) is -4.75. The van der Waals surface area contributed by atoms with Crippen LogP contribution in [0.3, 0.4) is 0 Å². The molecule has 0 saturated heterocycles. The van der Waals surface area contributed by atoms with Gasteiger partial charge in [0.2, 0.25) is 5.95 Å². The molecule has 140 valence electrons. The smallest absolute Gasteiger partial charge is 0.406 e. The lowest BCUT2D eigenvalue weighted by atomic mass is 10.1. The molecule has 3 rings (SSSR count). The quantitative estimate of drug-likeness (QED) is 0.471. The Balaban J connectivity index is 1.96. The summed E-state index contributed by atoms with van der Waals surface area (Å²) < 4.78 is 42.4. The molecule has 0 unspecified atom stereocenters. The Hall–Kier alpha value is -2.56. The van der Waals surface area contributed by atoms with Gasteiger partial charge in [0.05, 0.1) is 11.4 Å². The maximum Gasteiger partial charge on any atom is 0.573 e. The van der Waals surface area contributed by atoms with Gasteiger partial charge in [-0.05, 0) is 46.9 Å². The van der Waals surface area contributed by atoms with E-state index in [4.69, 9.17) is 0 Å². The van der Waals surface area contributed by atoms with Crippen molar-refractivity contribution < 1.29 is 17.9 Å². The van der Waals surface area contributed by atoms with Crippen molar-refractivity contribution in [2.24, 2.45) is 0 Å². The maximum absolute atomic E-state index is 12.5. The van der Waals surface area contributed by atoms with Crippen LogP contribution in [0.1, 0.15) is 0 Å². The SMILES string of the molecule is CNc1nc(Nc2ccccc2I)cc(-c2cccc(OC(F)(F)F)c2)n1. The van der Waals surface area contributed by atoms with Gasteiger partial charge in [0.1, 0.15) is 11.6 Å². The number of benzene rings is 2. The first kappa shape index (κ1) is 19.2. The lowest BCUT2D eigenvalue weighted by molar-refractivity contribution is -0.274. The van der Waals surface area contributed by atoms with Gasteiger partial charge in [-0.2, -0.15) is 4.98 Å². The third-order valence-electron chi connectivity index (χ3n) is 3.45. The van der Waals surface area contributed by atoms with Crippen molar-refractivity contribution in [3.63, 3.8) is 0 Å². The molecule has 2 aromatic carbocycles. The van der Waals surface area contributed by atoms with Crippen molar-refractivity contribution in [1.82, 2.24) is 9.97 Å². The second kappa shape index (κ2) is 7.99. The molecule has 0 bridgehead atoms. The number of aromatic nitrogens is 2. The Morgan fingerprint density at radius 1 is 1.00 bits per heavy atom. The average Bonchev–Trinajstić information content (AvgIpc) is 2.62. The normalized spacial score (nSPS) is 11.1. The highest BCUT2D eigenvalue weighted by Gasteiger charge is 2.31. The third kappa shape index (κ3) is 5.22. The van der Waals surface area contributed by atoms with E-state index in [1.165, 1.54) is 18.2 Å². The summed E-state index contributed by atoms with van der Waals surface area (Å²) in [5.74, 6) is 0.537. The van der Waals surface area contributed by atoms with Crippen LogP contribution < -0.4 is 15.4 Å². The van der Waals surface area contributed by atoms with Crippen LogP contribution in [0.5, 0.6) is 5.75 Å². The van der Waals surface area contributed by atoms with Gasteiger partial charge in [0, 0.05) is 22.2 Å². The number of hydrogen-bond acceptors (Lipinski definition) is 5. The predicted octanol–water partition coefficient (Wildman–Crippen LogP) is 5.43. The number of nitrogens with one attached hydrogen (secondary N) is 2. The van der Waals surface area contributed by atoms with Crippen molar-refractivity contribution in [1.29, 1.82) is 0 Å². The number of rotatable bonds is 5. The third-order valence-corrected chi connectivity index (χ3v) is 4.39. The minimum Gasteiger partial charge on any atom is -0.406 e. The summed E-state index contributed by atoms with van der Waals surface area (Å²) in [6, 6.07) is 15.0. The molecular formula is C18H14F3IN4O. The fourth-order valence-electron chi connectivity index (χ4n) is 2.32. The molecule has 9 heteroatoms. The molecule has 1 aromatic heterocycles. The van der Waals surface area contributed by atoms with Gasteiger partial charge in [-0.25, -0.2) is 4.98 Å². The van der Waals surface area contributed by atoms with E-state index in [1.807, 2.05) is 24.3 Å². The van der Waals surface area contributed by atoms with Gasteiger partial charge in [-0.1, -0.05) is 24.3 Å². The fourth-order valence-corrected chi connectivity index (χ4v) is 2.85. The molecule has 0 aliphatic heterocycles. The molecule has 27 heavy (non-hydrogen) atoms. The first-order chi connectivity index (χ1) is 12.8. The van der Waals surface area contributed by atoms with Crippen molar-refractivity contribution in [3.8, 4) is 17.0 Å². The highest BCUT2D eigenvalue weighted by atomic mass is 127. The summed E-state index contributed by atoms with van der Waals surface area (Å²) in [7, 11) is 1.67. The monoisotopic (exact) mass is 486 g/mol. The zero-order valence-electron chi connectivity index (χ0n) is 14.0. The van der Waals surface area contributed by atoms with Crippen LogP contribution in [-0.2, 0) is 0 Å². The molecule has 0 amide bonds. The number of nitrogens with zero attached hydrogens (tertiary/aromatic N) is 2. The topological polar surface area (TPSA) is 59.1 Å². The van der Waals surface area contributed by atoms with E-state index >= 15 is 0 Å². The van der Waals surface area contributed by atoms with Gasteiger partial charge in [-0.15, -0.1) is 13.2 Å². The molecule has 0 radical (unpaired) electrons. The van der Waals surface area contributed by atoms with E-state index in [2.05, 4.69) is 47.9 Å². The zero-order chi connectivity index (χ0) is 19.4. The fraction of sp³-hybridized carbons (Fsp3) is 0.111. The van der Waals surface area contributed by atoms with Crippen molar-refractivity contribution in [2.45, 2.75) is 6.36 Å². The summed E-state index contributed by atoms with van der Waals surface area (Å²) in [5, 5.41) is 6.06. The summed E-state index contributed by atoms with van der Waals surface area (Å²) in [4.78, 5) is 8.67. The number of para-hydroxylation sites is 1. The Bertz CT molecular complexity index is 950. The van der Waals surface area contributed by atoms with E-state index in [0.29, 0.717) is 23.0 Å². The van der Waals surface area contributed by atoms with Crippen LogP contribution in [0.25, 0.3) is 11.3 Å². The molecule has 0 aliphatic rings. The Labute approximate surface area is 167 Å². The molecule has 1 heterocycles. The molecule has 0 fully saturated rings. The van der Waals surface area contributed by atoms with E-state index in [0.717, 1.165) is 9.26 Å². The van der Waals surface area contributed by atoms with Crippen molar-refractivity contribution >= 4 is 40.0 Å². The number of alkyl halides is 3. The average molecular weight is 486 g/mol. The van der Waals surface area contributed by atoms with Crippen LogP contribution in [0.4, 0.5) is 30.6 Å². The second-order valence-electron chi connectivity index (χ2n) is 5.39. The second-order valence-corrected chi connectivity index (χ2v) is 6.55. The van der Waals surface area contributed by atoms with Gasteiger partial charge in [-0.3, -0.25) is 0 Å². The summed E-state index contributed by atoms with van der Waals surface area (Å²) in [6.45, 7) is 0. The first-order valence-corrected chi connectivity index (χ1v) is 8.86. The molecule has 0 atom stereocenters. The van der Waals surface area contributed by atoms with Crippen LogP contribution >= 0.6 is 22.6 Å². The number of hydrogen-bond donors (Lipinski definition) is 2. The van der Waals surface area contributed by atoms with Crippen LogP contribution in [0.2, 0.25) is 0 Å². The van der Waals surface area contributed by atoms with Gasteiger partial charge in [0.15, 0.2) is 0 Å².